The summed E-state index contributed by atoms with van der Waals surface area (Å²) in [6, 6.07) is 16.4. The van der Waals surface area contributed by atoms with Crippen LogP contribution in [0, 0.1) is 11.3 Å². The number of nitrogens with zero attached hydrogens (tertiary/aromatic N) is 1. The topological polar surface area (TPSA) is 53.2 Å². The minimum absolute atomic E-state index is 0.533. The second kappa shape index (κ2) is 6.03. The first-order valence-electron chi connectivity index (χ1n) is 6.19. The molecule has 0 aliphatic heterocycles. The molecule has 19 heavy (non-hydrogen) atoms. The Morgan fingerprint density at radius 1 is 1.16 bits per heavy atom. The van der Waals surface area contributed by atoms with Crippen LogP contribution in [0.5, 0.6) is 11.5 Å². The van der Waals surface area contributed by atoms with Gasteiger partial charge < -0.3 is 9.84 Å². The normalized spacial score (nSPS) is 11.6. The Morgan fingerprint density at radius 2 is 1.84 bits per heavy atom. The molecule has 0 unspecified atom stereocenters. The lowest BCUT2D eigenvalue weighted by Crippen LogP contribution is -1.98. The second-order valence-electron chi connectivity index (χ2n) is 4.20. The van der Waals surface area contributed by atoms with Crippen molar-refractivity contribution < 1.29 is 9.84 Å². The lowest BCUT2D eigenvalue weighted by molar-refractivity contribution is 0.170. The molecule has 0 saturated carbocycles. The molecule has 0 amide bonds. The molecular formula is C16H15NO2. The van der Waals surface area contributed by atoms with E-state index < -0.39 is 6.10 Å². The lowest BCUT2D eigenvalue weighted by Gasteiger charge is -2.14. The zero-order chi connectivity index (χ0) is 13.7. The molecule has 1 atom stereocenters. The van der Waals surface area contributed by atoms with Crippen LogP contribution >= 0.6 is 0 Å². The molecule has 0 fully saturated rings. The molecule has 3 heteroatoms. The molecule has 2 aromatic carbocycles. The first kappa shape index (κ1) is 13.1. The molecule has 96 valence electrons. The van der Waals surface area contributed by atoms with E-state index >= 15 is 0 Å². The Labute approximate surface area is 112 Å². The van der Waals surface area contributed by atoms with Crippen LogP contribution in [0.2, 0.25) is 0 Å². The van der Waals surface area contributed by atoms with Crippen molar-refractivity contribution in [2.24, 2.45) is 0 Å². The van der Waals surface area contributed by atoms with Gasteiger partial charge in [0.25, 0.3) is 0 Å². The van der Waals surface area contributed by atoms with Crippen molar-refractivity contribution in [3.63, 3.8) is 0 Å². The monoisotopic (exact) mass is 253 g/mol. The maximum absolute atomic E-state index is 9.95. The summed E-state index contributed by atoms with van der Waals surface area (Å²) in [4.78, 5) is 0. The fraction of sp³-hybridized carbons (Fsp3) is 0.188. The molecular weight excluding hydrogens is 238 g/mol. The summed E-state index contributed by atoms with van der Waals surface area (Å²) in [6.45, 7) is 1.92. The average molecular weight is 253 g/mol. The lowest BCUT2D eigenvalue weighted by atomic mass is 10.1. The maximum Gasteiger partial charge on any atom is 0.133 e. The zero-order valence-corrected chi connectivity index (χ0v) is 10.7. The van der Waals surface area contributed by atoms with Gasteiger partial charge in [-0.25, -0.2) is 0 Å². The highest BCUT2D eigenvalue weighted by molar-refractivity contribution is 5.41. The predicted octanol–water partition coefficient (Wildman–Crippen LogP) is 3.79. The number of benzene rings is 2. The summed E-state index contributed by atoms with van der Waals surface area (Å²) in [5.74, 6) is 1.29. The standard InChI is InChI=1S/C16H15NO2/c1-2-15(18)14-5-3-4-6-16(14)19-13-9-7-12(11-17)8-10-13/h3-10,15,18H,2H2,1H3/t15-/m0/s1. The molecule has 0 aliphatic rings. The number of rotatable bonds is 4. The van der Waals surface area contributed by atoms with Gasteiger partial charge in [-0.1, -0.05) is 25.1 Å². The van der Waals surface area contributed by atoms with Crippen LogP contribution in [0.1, 0.15) is 30.6 Å². The molecule has 0 radical (unpaired) electrons. The SMILES string of the molecule is CC[C@H](O)c1ccccc1Oc1ccc(C#N)cc1. The van der Waals surface area contributed by atoms with Crippen LogP contribution in [0.15, 0.2) is 48.5 Å². The third-order valence-electron chi connectivity index (χ3n) is 2.88. The summed E-state index contributed by atoms with van der Waals surface area (Å²) in [7, 11) is 0. The fourth-order valence-electron chi connectivity index (χ4n) is 1.79. The molecule has 0 saturated heterocycles. The van der Waals surface area contributed by atoms with Crippen LogP contribution in [0.25, 0.3) is 0 Å². The smallest absolute Gasteiger partial charge is 0.133 e. The van der Waals surface area contributed by atoms with Crippen LogP contribution in [0.4, 0.5) is 0 Å². The molecule has 3 nitrogen and oxygen atoms in total. The van der Waals surface area contributed by atoms with Gasteiger partial charge in [0, 0.05) is 5.56 Å². The highest BCUT2D eigenvalue weighted by Crippen LogP contribution is 2.30. The highest BCUT2D eigenvalue weighted by atomic mass is 16.5. The van der Waals surface area contributed by atoms with Crippen LogP contribution in [0.3, 0.4) is 0 Å². The Kier molecular flexibility index (Phi) is 4.17. The van der Waals surface area contributed by atoms with Crippen molar-refractivity contribution in [2.75, 3.05) is 0 Å². The number of ether oxygens (including phenoxy) is 1. The molecule has 2 rings (SSSR count). The molecule has 1 N–H and O–H groups in total. The summed E-state index contributed by atoms with van der Waals surface area (Å²) in [5, 5.41) is 18.7. The summed E-state index contributed by atoms with van der Waals surface area (Å²) < 4.78 is 5.76. The zero-order valence-electron chi connectivity index (χ0n) is 10.7. The summed E-state index contributed by atoms with van der Waals surface area (Å²) in [5.41, 5.74) is 1.36. The van der Waals surface area contributed by atoms with Crippen molar-refractivity contribution in [1.29, 1.82) is 5.26 Å². The number of para-hydroxylation sites is 1. The largest absolute Gasteiger partial charge is 0.457 e. The second-order valence-corrected chi connectivity index (χ2v) is 4.20. The Hall–Kier alpha value is -2.31. The van der Waals surface area contributed by atoms with E-state index in [0.717, 1.165) is 5.56 Å². The van der Waals surface area contributed by atoms with Gasteiger partial charge in [0.1, 0.15) is 11.5 Å². The van der Waals surface area contributed by atoms with Gasteiger partial charge in [0.2, 0.25) is 0 Å². The van der Waals surface area contributed by atoms with Gasteiger partial charge in [-0.3, -0.25) is 0 Å². The first-order chi connectivity index (χ1) is 9.24. The van der Waals surface area contributed by atoms with Gasteiger partial charge in [-0.15, -0.1) is 0 Å². The first-order valence-corrected chi connectivity index (χ1v) is 6.19. The average Bonchev–Trinajstić information content (AvgIpc) is 2.48. The van der Waals surface area contributed by atoms with E-state index in [1.165, 1.54) is 0 Å². The summed E-state index contributed by atoms with van der Waals surface area (Å²) in [6.07, 6.45) is 0.0999. The minimum atomic E-state index is -0.533. The van der Waals surface area contributed by atoms with Gasteiger partial charge in [-0.2, -0.15) is 5.26 Å². The predicted molar refractivity (Wildman–Crippen MR) is 72.9 cm³/mol. The van der Waals surface area contributed by atoms with E-state index in [1.54, 1.807) is 24.3 Å². The van der Waals surface area contributed by atoms with Crippen LogP contribution < -0.4 is 4.74 Å². The van der Waals surface area contributed by atoms with Crippen molar-refractivity contribution in [3.05, 3.63) is 59.7 Å². The van der Waals surface area contributed by atoms with Gasteiger partial charge in [0.05, 0.1) is 17.7 Å². The number of nitriles is 1. The Bertz CT molecular complexity index is 584. The fourth-order valence-corrected chi connectivity index (χ4v) is 1.79. The van der Waals surface area contributed by atoms with Crippen molar-refractivity contribution in [2.45, 2.75) is 19.4 Å². The number of aliphatic hydroxyl groups excluding tert-OH is 1. The Balaban J connectivity index is 2.25. The van der Waals surface area contributed by atoms with Crippen LogP contribution in [-0.4, -0.2) is 5.11 Å². The Morgan fingerprint density at radius 3 is 2.47 bits per heavy atom. The molecule has 0 bridgehead atoms. The van der Waals surface area contributed by atoms with E-state index in [-0.39, 0.29) is 0 Å². The number of hydrogen-bond donors (Lipinski definition) is 1. The number of hydrogen-bond acceptors (Lipinski definition) is 3. The molecule has 0 aliphatic carbocycles. The van der Waals surface area contributed by atoms with Gasteiger partial charge in [0.15, 0.2) is 0 Å². The van der Waals surface area contributed by atoms with Crippen molar-refractivity contribution >= 4 is 0 Å². The van der Waals surface area contributed by atoms with Gasteiger partial charge in [-0.05, 0) is 36.8 Å². The molecule has 0 aromatic heterocycles. The molecule has 2 aromatic rings. The maximum atomic E-state index is 9.95. The number of aliphatic hydroxyl groups is 1. The van der Waals surface area contributed by atoms with Crippen LogP contribution in [-0.2, 0) is 0 Å². The van der Waals surface area contributed by atoms with E-state index in [2.05, 4.69) is 6.07 Å². The van der Waals surface area contributed by atoms with Crippen molar-refractivity contribution in [3.8, 4) is 17.6 Å². The third-order valence-corrected chi connectivity index (χ3v) is 2.88. The van der Waals surface area contributed by atoms with E-state index in [0.29, 0.717) is 23.5 Å². The third kappa shape index (κ3) is 3.12. The quantitative estimate of drug-likeness (QED) is 0.901. The van der Waals surface area contributed by atoms with E-state index in [9.17, 15) is 5.11 Å². The van der Waals surface area contributed by atoms with Crippen molar-refractivity contribution in [1.82, 2.24) is 0 Å². The van der Waals surface area contributed by atoms with Gasteiger partial charge >= 0.3 is 0 Å². The van der Waals surface area contributed by atoms with E-state index in [4.69, 9.17) is 10.00 Å². The minimum Gasteiger partial charge on any atom is -0.457 e. The summed E-state index contributed by atoms with van der Waals surface area (Å²) >= 11 is 0. The molecule has 0 spiro atoms. The molecule has 0 heterocycles. The van der Waals surface area contributed by atoms with E-state index in [1.807, 2.05) is 31.2 Å². The highest BCUT2D eigenvalue weighted by Gasteiger charge is 2.11.